The van der Waals surface area contributed by atoms with Gasteiger partial charge in [-0.3, -0.25) is 4.79 Å². The number of benzene rings is 1. The number of carbonyl (C=O) groups is 1. The second-order valence-electron chi connectivity index (χ2n) is 4.13. The molecular weight excluding hydrogens is 250 g/mol. The van der Waals surface area contributed by atoms with Gasteiger partial charge in [-0.05, 0) is 42.8 Å². The quantitative estimate of drug-likeness (QED) is 0.793. The summed E-state index contributed by atoms with van der Waals surface area (Å²) in [5.74, 6) is 0.606. The van der Waals surface area contributed by atoms with E-state index in [1.165, 1.54) is 0 Å². The van der Waals surface area contributed by atoms with E-state index in [0.29, 0.717) is 16.5 Å². The van der Waals surface area contributed by atoms with Gasteiger partial charge in [0.25, 0.3) is 0 Å². The highest BCUT2D eigenvalue weighted by atomic mass is 35.5. The molecule has 4 heteroatoms. The van der Waals surface area contributed by atoms with Gasteiger partial charge < -0.3 is 9.30 Å². The van der Waals surface area contributed by atoms with E-state index in [2.05, 4.69) is 0 Å². The molecule has 3 nitrogen and oxygen atoms in total. The minimum atomic E-state index is -0.0462. The Balaban J connectivity index is 2.02. The number of aromatic nitrogens is 1. The number of hydrogen-bond donors (Lipinski definition) is 0. The van der Waals surface area contributed by atoms with Crippen molar-refractivity contribution in [3.8, 4) is 5.75 Å². The zero-order chi connectivity index (χ0) is 13.1. The Hall–Kier alpha value is -1.74. The lowest BCUT2D eigenvalue weighted by Crippen LogP contribution is -2.14. The van der Waals surface area contributed by atoms with Gasteiger partial charge in [0, 0.05) is 18.3 Å². The lowest BCUT2D eigenvalue weighted by atomic mass is 10.2. The first kappa shape index (κ1) is 12.7. The zero-order valence-corrected chi connectivity index (χ0v) is 11.1. The summed E-state index contributed by atoms with van der Waals surface area (Å²) < 4.78 is 7.24. The number of aryl methyl sites for hydroxylation is 2. The summed E-state index contributed by atoms with van der Waals surface area (Å²) in [6.07, 6.45) is 1.83. The van der Waals surface area contributed by atoms with E-state index in [1.807, 2.05) is 32.3 Å². The van der Waals surface area contributed by atoms with Gasteiger partial charge in [0.05, 0.1) is 5.69 Å². The summed E-state index contributed by atoms with van der Waals surface area (Å²) in [6.45, 7) is 1.92. The smallest absolute Gasteiger partial charge is 0.216 e. The molecule has 0 N–H and O–H groups in total. The van der Waals surface area contributed by atoms with Crippen LogP contribution >= 0.6 is 11.6 Å². The van der Waals surface area contributed by atoms with Gasteiger partial charge in [0.1, 0.15) is 5.75 Å². The van der Waals surface area contributed by atoms with Gasteiger partial charge in [-0.2, -0.15) is 0 Å². The third-order valence-electron chi connectivity index (χ3n) is 2.73. The van der Waals surface area contributed by atoms with Crippen LogP contribution in [0.25, 0.3) is 0 Å². The van der Waals surface area contributed by atoms with Crippen molar-refractivity contribution < 1.29 is 9.53 Å². The molecule has 0 amide bonds. The first-order chi connectivity index (χ1) is 8.58. The van der Waals surface area contributed by atoms with E-state index in [9.17, 15) is 4.79 Å². The van der Waals surface area contributed by atoms with Crippen LogP contribution in [0.2, 0.25) is 5.02 Å². The molecule has 1 heterocycles. The Kier molecular flexibility index (Phi) is 3.72. The molecule has 0 aliphatic heterocycles. The van der Waals surface area contributed by atoms with E-state index in [1.54, 1.807) is 22.8 Å². The second kappa shape index (κ2) is 5.27. The van der Waals surface area contributed by atoms with Crippen LogP contribution < -0.4 is 4.74 Å². The van der Waals surface area contributed by atoms with Crippen molar-refractivity contribution >= 4 is 17.4 Å². The first-order valence-corrected chi connectivity index (χ1v) is 5.99. The number of ketones is 1. The number of hydrogen-bond acceptors (Lipinski definition) is 2. The maximum Gasteiger partial charge on any atom is 0.216 e. The summed E-state index contributed by atoms with van der Waals surface area (Å²) in [5.41, 5.74) is 1.57. The Labute approximate surface area is 111 Å². The normalized spacial score (nSPS) is 10.4. The van der Waals surface area contributed by atoms with Crippen LogP contribution in [0.5, 0.6) is 5.75 Å². The highest BCUT2D eigenvalue weighted by Crippen LogP contribution is 2.21. The number of ether oxygens (including phenoxy) is 1. The van der Waals surface area contributed by atoms with Gasteiger partial charge in [-0.25, -0.2) is 0 Å². The van der Waals surface area contributed by atoms with Crippen molar-refractivity contribution in [2.45, 2.75) is 6.92 Å². The summed E-state index contributed by atoms with van der Waals surface area (Å²) in [7, 11) is 1.83. The van der Waals surface area contributed by atoms with Crippen LogP contribution in [0.1, 0.15) is 16.1 Å². The van der Waals surface area contributed by atoms with Gasteiger partial charge >= 0.3 is 0 Å². The highest BCUT2D eigenvalue weighted by Gasteiger charge is 2.10. The maximum atomic E-state index is 11.9. The number of halogens is 1. The predicted molar refractivity (Wildman–Crippen MR) is 71.4 cm³/mol. The van der Waals surface area contributed by atoms with Crippen LogP contribution in [-0.4, -0.2) is 17.0 Å². The number of Topliss-reactive ketones (excluding diaryl/α,β-unsaturated/α-hetero) is 1. The molecule has 0 aliphatic rings. The SMILES string of the molecule is Cc1cc(OCC(=O)c2cccn2C)ccc1Cl. The summed E-state index contributed by atoms with van der Waals surface area (Å²) in [4.78, 5) is 11.9. The Morgan fingerprint density at radius 2 is 2.17 bits per heavy atom. The maximum absolute atomic E-state index is 11.9. The Bertz CT molecular complexity index is 575. The number of carbonyl (C=O) groups excluding carboxylic acids is 1. The summed E-state index contributed by atoms with van der Waals surface area (Å²) in [6, 6.07) is 8.95. The van der Waals surface area contributed by atoms with Crippen molar-refractivity contribution in [3.05, 3.63) is 52.8 Å². The van der Waals surface area contributed by atoms with Crippen molar-refractivity contribution in [2.75, 3.05) is 6.61 Å². The third kappa shape index (κ3) is 2.74. The molecule has 0 aliphatic carbocycles. The van der Waals surface area contributed by atoms with Gasteiger partial charge in [0.15, 0.2) is 6.61 Å². The Morgan fingerprint density at radius 3 is 2.78 bits per heavy atom. The average Bonchev–Trinajstić information content (AvgIpc) is 2.77. The van der Waals surface area contributed by atoms with Crippen molar-refractivity contribution in [1.29, 1.82) is 0 Å². The second-order valence-corrected chi connectivity index (χ2v) is 4.53. The molecule has 0 fully saturated rings. The van der Waals surface area contributed by atoms with Gasteiger partial charge in [0.2, 0.25) is 5.78 Å². The lowest BCUT2D eigenvalue weighted by molar-refractivity contribution is 0.0913. The Morgan fingerprint density at radius 1 is 1.39 bits per heavy atom. The fraction of sp³-hybridized carbons (Fsp3) is 0.214. The van der Waals surface area contributed by atoms with E-state index >= 15 is 0 Å². The van der Waals surface area contributed by atoms with E-state index in [4.69, 9.17) is 16.3 Å². The number of nitrogens with zero attached hydrogens (tertiary/aromatic N) is 1. The molecule has 2 rings (SSSR count). The van der Waals surface area contributed by atoms with Gasteiger partial charge in [-0.1, -0.05) is 11.6 Å². The molecule has 1 aromatic heterocycles. The molecule has 0 saturated carbocycles. The zero-order valence-electron chi connectivity index (χ0n) is 10.3. The lowest BCUT2D eigenvalue weighted by Gasteiger charge is -2.07. The molecular formula is C14H14ClNO2. The molecule has 0 unspecified atom stereocenters. The molecule has 1 aromatic carbocycles. The average molecular weight is 264 g/mol. The monoisotopic (exact) mass is 263 g/mol. The minimum Gasteiger partial charge on any atom is -0.485 e. The molecule has 18 heavy (non-hydrogen) atoms. The molecule has 0 radical (unpaired) electrons. The molecule has 0 saturated heterocycles. The molecule has 2 aromatic rings. The topological polar surface area (TPSA) is 31.2 Å². The van der Waals surface area contributed by atoms with Crippen LogP contribution in [0, 0.1) is 6.92 Å². The van der Waals surface area contributed by atoms with Crippen molar-refractivity contribution in [3.63, 3.8) is 0 Å². The van der Waals surface area contributed by atoms with Crippen molar-refractivity contribution in [2.24, 2.45) is 7.05 Å². The highest BCUT2D eigenvalue weighted by molar-refractivity contribution is 6.31. The van der Waals surface area contributed by atoms with E-state index in [0.717, 1.165) is 5.56 Å². The first-order valence-electron chi connectivity index (χ1n) is 5.61. The summed E-state index contributed by atoms with van der Waals surface area (Å²) >= 11 is 5.92. The standard InChI is InChI=1S/C14H14ClNO2/c1-10-8-11(5-6-12(10)15)18-9-14(17)13-4-3-7-16(13)2/h3-8H,9H2,1-2H3. The van der Waals surface area contributed by atoms with Gasteiger partial charge in [-0.15, -0.1) is 0 Å². The molecule has 0 atom stereocenters. The molecule has 0 bridgehead atoms. The third-order valence-corrected chi connectivity index (χ3v) is 3.15. The largest absolute Gasteiger partial charge is 0.485 e. The predicted octanol–water partition coefficient (Wildman–Crippen LogP) is 3.25. The minimum absolute atomic E-state index is 0.0267. The van der Waals surface area contributed by atoms with E-state index < -0.39 is 0 Å². The van der Waals surface area contributed by atoms with Crippen LogP contribution in [0.15, 0.2) is 36.5 Å². The number of rotatable bonds is 4. The van der Waals surface area contributed by atoms with Crippen LogP contribution in [-0.2, 0) is 7.05 Å². The van der Waals surface area contributed by atoms with Crippen molar-refractivity contribution in [1.82, 2.24) is 4.57 Å². The van der Waals surface area contributed by atoms with Crippen LogP contribution in [0.4, 0.5) is 0 Å². The molecule has 94 valence electrons. The fourth-order valence-electron chi connectivity index (χ4n) is 1.68. The fourth-order valence-corrected chi connectivity index (χ4v) is 1.80. The summed E-state index contributed by atoms with van der Waals surface area (Å²) in [5, 5.41) is 0.691. The molecule has 0 spiro atoms. The van der Waals surface area contributed by atoms with Crippen LogP contribution in [0.3, 0.4) is 0 Å². The van der Waals surface area contributed by atoms with E-state index in [-0.39, 0.29) is 12.4 Å².